The zero-order valence-electron chi connectivity index (χ0n) is 10.9. The second-order valence-electron chi connectivity index (χ2n) is 3.81. The number of carbonyl (C=O) groups is 1. The Morgan fingerprint density at radius 2 is 1.80 bits per heavy atom. The van der Waals surface area contributed by atoms with Crippen LogP contribution in [0.4, 0.5) is 13.2 Å². The van der Waals surface area contributed by atoms with Gasteiger partial charge in [0.15, 0.2) is 12.7 Å². The Balaban J connectivity index is 2.40. The highest BCUT2D eigenvalue weighted by atomic mass is 19.4. The summed E-state index contributed by atoms with van der Waals surface area (Å²) in [6.45, 7) is -0.176. The fourth-order valence-electron chi connectivity index (χ4n) is 1.18. The first-order valence-corrected chi connectivity index (χ1v) is 5.61. The van der Waals surface area contributed by atoms with Crippen molar-refractivity contribution in [1.29, 1.82) is 0 Å². The zero-order chi connectivity index (χ0) is 15.2. The summed E-state index contributed by atoms with van der Waals surface area (Å²) in [5.41, 5.74) is 1.67. The van der Waals surface area contributed by atoms with Gasteiger partial charge in [-0.05, 0) is 31.2 Å². The second kappa shape index (κ2) is 6.99. The summed E-state index contributed by atoms with van der Waals surface area (Å²) in [6, 6.07) is 6.39. The molecule has 0 aliphatic rings. The maximum Gasteiger partial charge on any atom is 0.414 e. The van der Waals surface area contributed by atoms with E-state index in [0.29, 0.717) is 11.5 Å². The summed E-state index contributed by atoms with van der Waals surface area (Å²) in [5.74, 6) is 0.178. The van der Waals surface area contributed by atoms with Crippen LogP contribution in [-0.4, -0.2) is 31.9 Å². The van der Waals surface area contributed by atoms with Gasteiger partial charge < -0.3 is 9.47 Å². The lowest BCUT2D eigenvalue weighted by molar-refractivity contribution is -0.193. The number of ether oxygens (including phenoxy) is 2. The first kappa shape index (κ1) is 16.1. The topological polar surface area (TPSA) is 56.8 Å². The van der Waals surface area contributed by atoms with Crippen molar-refractivity contribution < 1.29 is 32.3 Å². The van der Waals surface area contributed by atoms with Crippen LogP contribution in [0.25, 0.3) is 0 Å². The van der Waals surface area contributed by atoms with Crippen molar-refractivity contribution in [3.8, 4) is 11.5 Å². The van der Waals surface area contributed by atoms with Crippen molar-refractivity contribution in [1.82, 2.24) is 5.48 Å². The van der Waals surface area contributed by atoms with Gasteiger partial charge >= 0.3 is 6.18 Å². The predicted octanol–water partition coefficient (Wildman–Crippen LogP) is 2.07. The van der Waals surface area contributed by atoms with E-state index in [9.17, 15) is 18.0 Å². The molecule has 0 aromatic heterocycles. The molecule has 1 N–H and O–H groups in total. The summed E-state index contributed by atoms with van der Waals surface area (Å²) in [5, 5.41) is 0. The molecule has 1 atom stereocenters. The van der Waals surface area contributed by atoms with E-state index >= 15 is 0 Å². The number of methoxy groups -OCH3 is 1. The van der Waals surface area contributed by atoms with Crippen LogP contribution in [0.2, 0.25) is 0 Å². The van der Waals surface area contributed by atoms with Crippen molar-refractivity contribution in [3.63, 3.8) is 0 Å². The fraction of sp³-hybridized carbons (Fsp3) is 0.417. The number of rotatable bonds is 6. The van der Waals surface area contributed by atoms with Crippen LogP contribution in [0.15, 0.2) is 24.3 Å². The van der Waals surface area contributed by atoms with Crippen LogP contribution in [0.3, 0.4) is 0 Å². The number of amides is 1. The highest BCUT2D eigenvalue weighted by Crippen LogP contribution is 2.18. The summed E-state index contributed by atoms with van der Waals surface area (Å²) in [7, 11) is 1.50. The Kier molecular flexibility index (Phi) is 5.63. The number of carbonyl (C=O) groups excluding carboxylic acids is 1. The van der Waals surface area contributed by atoms with Crippen molar-refractivity contribution >= 4 is 5.91 Å². The summed E-state index contributed by atoms with van der Waals surface area (Å²) in [6.07, 6.45) is -5.51. The molecule has 1 aromatic carbocycles. The number of hydrogen-bond donors (Lipinski definition) is 1. The van der Waals surface area contributed by atoms with Crippen LogP contribution in [0.5, 0.6) is 11.5 Å². The molecule has 0 saturated heterocycles. The van der Waals surface area contributed by atoms with Crippen LogP contribution in [0.1, 0.15) is 6.92 Å². The highest BCUT2D eigenvalue weighted by molar-refractivity contribution is 5.79. The predicted molar refractivity (Wildman–Crippen MR) is 63.2 cm³/mol. The second-order valence-corrected chi connectivity index (χ2v) is 3.81. The third-order valence-corrected chi connectivity index (χ3v) is 2.15. The Morgan fingerprint density at radius 3 is 2.30 bits per heavy atom. The van der Waals surface area contributed by atoms with Gasteiger partial charge in [-0.3, -0.25) is 9.63 Å². The molecule has 0 radical (unpaired) electrons. The molecule has 0 saturated carbocycles. The van der Waals surface area contributed by atoms with Crippen LogP contribution in [0, 0.1) is 0 Å². The van der Waals surface area contributed by atoms with Gasteiger partial charge in [0.1, 0.15) is 11.5 Å². The smallest absolute Gasteiger partial charge is 0.414 e. The molecule has 20 heavy (non-hydrogen) atoms. The molecule has 1 amide bonds. The molecular weight excluding hydrogens is 279 g/mol. The van der Waals surface area contributed by atoms with Gasteiger partial charge in [0.05, 0.1) is 7.11 Å². The molecular formula is C12H14F3NO4. The van der Waals surface area contributed by atoms with E-state index in [1.165, 1.54) is 14.0 Å². The minimum atomic E-state index is -4.51. The van der Waals surface area contributed by atoms with Crippen molar-refractivity contribution in [2.45, 2.75) is 19.2 Å². The molecule has 0 bridgehead atoms. The van der Waals surface area contributed by atoms with Crippen molar-refractivity contribution in [3.05, 3.63) is 24.3 Å². The standard InChI is InChI=1S/C12H14F3NO4/c1-8(11(17)16-19-7-12(13,14)15)20-10-5-3-9(18-2)4-6-10/h3-6,8H,7H2,1-2H3,(H,16,17). The molecule has 0 aliphatic heterocycles. The summed E-state index contributed by atoms with van der Waals surface area (Å²) in [4.78, 5) is 15.4. The highest BCUT2D eigenvalue weighted by Gasteiger charge is 2.28. The first-order chi connectivity index (χ1) is 9.31. The lowest BCUT2D eigenvalue weighted by atomic mass is 10.3. The van der Waals surface area contributed by atoms with Gasteiger partial charge in [-0.15, -0.1) is 0 Å². The largest absolute Gasteiger partial charge is 0.497 e. The molecule has 1 rings (SSSR count). The van der Waals surface area contributed by atoms with E-state index in [1.54, 1.807) is 29.7 Å². The van der Waals surface area contributed by atoms with E-state index in [4.69, 9.17) is 9.47 Å². The maximum absolute atomic E-state index is 11.8. The number of alkyl halides is 3. The van der Waals surface area contributed by atoms with Gasteiger partial charge in [-0.2, -0.15) is 13.2 Å². The van der Waals surface area contributed by atoms with E-state index in [0.717, 1.165) is 0 Å². The van der Waals surface area contributed by atoms with E-state index in [2.05, 4.69) is 4.84 Å². The lowest BCUT2D eigenvalue weighted by Gasteiger charge is -2.15. The molecule has 0 aliphatic carbocycles. The normalized spacial score (nSPS) is 12.7. The zero-order valence-corrected chi connectivity index (χ0v) is 10.9. The van der Waals surface area contributed by atoms with Crippen LogP contribution >= 0.6 is 0 Å². The third-order valence-electron chi connectivity index (χ3n) is 2.15. The molecule has 8 heteroatoms. The van der Waals surface area contributed by atoms with Crippen LogP contribution < -0.4 is 15.0 Å². The Morgan fingerprint density at radius 1 is 1.25 bits per heavy atom. The molecule has 112 valence electrons. The van der Waals surface area contributed by atoms with Gasteiger partial charge in [0.25, 0.3) is 5.91 Å². The number of halogens is 3. The molecule has 5 nitrogen and oxygen atoms in total. The molecule has 1 unspecified atom stereocenters. The molecule has 0 spiro atoms. The summed E-state index contributed by atoms with van der Waals surface area (Å²) >= 11 is 0. The Bertz CT molecular complexity index is 433. The molecule has 1 aromatic rings. The van der Waals surface area contributed by atoms with Gasteiger partial charge in [-0.1, -0.05) is 0 Å². The van der Waals surface area contributed by atoms with E-state index in [1.807, 2.05) is 0 Å². The average Bonchev–Trinajstić information content (AvgIpc) is 2.38. The molecule has 0 heterocycles. The SMILES string of the molecule is COc1ccc(OC(C)C(=O)NOCC(F)(F)F)cc1. The minimum absolute atomic E-state index is 0.379. The maximum atomic E-state index is 11.8. The van der Waals surface area contributed by atoms with Gasteiger partial charge in [0, 0.05) is 0 Å². The number of benzene rings is 1. The minimum Gasteiger partial charge on any atom is -0.497 e. The van der Waals surface area contributed by atoms with E-state index < -0.39 is 24.8 Å². The Hall–Kier alpha value is -1.96. The number of hydroxylamine groups is 1. The molecule has 0 fully saturated rings. The number of nitrogens with one attached hydrogen (secondary N) is 1. The Labute approximate surface area is 113 Å². The fourth-order valence-corrected chi connectivity index (χ4v) is 1.18. The lowest BCUT2D eigenvalue weighted by Crippen LogP contribution is -2.38. The number of hydrogen-bond acceptors (Lipinski definition) is 4. The van der Waals surface area contributed by atoms with Gasteiger partial charge in [0.2, 0.25) is 0 Å². The van der Waals surface area contributed by atoms with Gasteiger partial charge in [-0.25, -0.2) is 5.48 Å². The van der Waals surface area contributed by atoms with Crippen molar-refractivity contribution in [2.24, 2.45) is 0 Å². The van der Waals surface area contributed by atoms with Crippen molar-refractivity contribution in [2.75, 3.05) is 13.7 Å². The average molecular weight is 293 g/mol. The summed E-state index contributed by atoms with van der Waals surface area (Å²) < 4.78 is 45.6. The quantitative estimate of drug-likeness (QED) is 0.816. The van der Waals surface area contributed by atoms with Crippen LogP contribution in [-0.2, 0) is 9.63 Å². The third kappa shape index (κ3) is 5.79. The van der Waals surface area contributed by atoms with E-state index in [-0.39, 0.29) is 0 Å². The first-order valence-electron chi connectivity index (χ1n) is 5.61. The monoisotopic (exact) mass is 293 g/mol.